The SMILES string of the molecule is COC(=O)C1CCCN1C(=O)C(C)OCc1ccccc1. The molecule has 0 aromatic heterocycles. The first kappa shape index (κ1) is 15.5. The van der Waals surface area contributed by atoms with Gasteiger partial charge in [0.25, 0.3) is 5.91 Å². The summed E-state index contributed by atoms with van der Waals surface area (Å²) in [5, 5.41) is 0. The van der Waals surface area contributed by atoms with E-state index in [0.717, 1.165) is 12.0 Å². The molecule has 1 aliphatic rings. The van der Waals surface area contributed by atoms with E-state index in [1.807, 2.05) is 30.3 Å². The highest BCUT2D eigenvalue weighted by molar-refractivity contribution is 5.87. The van der Waals surface area contributed by atoms with E-state index >= 15 is 0 Å². The Bertz CT molecular complexity index is 488. The van der Waals surface area contributed by atoms with E-state index in [2.05, 4.69) is 0 Å². The number of amides is 1. The van der Waals surface area contributed by atoms with Gasteiger partial charge in [-0.15, -0.1) is 0 Å². The van der Waals surface area contributed by atoms with Gasteiger partial charge < -0.3 is 14.4 Å². The van der Waals surface area contributed by atoms with Crippen molar-refractivity contribution in [3.8, 4) is 0 Å². The molecule has 1 heterocycles. The van der Waals surface area contributed by atoms with Crippen molar-refractivity contribution in [1.82, 2.24) is 4.90 Å². The maximum Gasteiger partial charge on any atom is 0.328 e. The number of benzene rings is 1. The van der Waals surface area contributed by atoms with Gasteiger partial charge >= 0.3 is 5.97 Å². The zero-order chi connectivity index (χ0) is 15.2. The molecule has 1 amide bonds. The Balaban J connectivity index is 1.91. The Morgan fingerprint density at radius 3 is 2.71 bits per heavy atom. The largest absolute Gasteiger partial charge is 0.467 e. The number of hydrogen-bond acceptors (Lipinski definition) is 4. The lowest BCUT2D eigenvalue weighted by molar-refractivity contribution is -0.155. The van der Waals surface area contributed by atoms with Crippen LogP contribution < -0.4 is 0 Å². The average Bonchev–Trinajstić information content (AvgIpc) is 3.01. The quantitative estimate of drug-likeness (QED) is 0.776. The summed E-state index contributed by atoms with van der Waals surface area (Å²) in [6.07, 6.45) is 0.899. The number of rotatable bonds is 5. The molecular formula is C16H21NO4. The lowest BCUT2D eigenvalue weighted by Crippen LogP contribution is -2.45. The fourth-order valence-corrected chi connectivity index (χ4v) is 2.51. The van der Waals surface area contributed by atoms with Crippen LogP contribution in [0.1, 0.15) is 25.3 Å². The van der Waals surface area contributed by atoms with Gasteiger partial charge in [-0.3, -0.25) is 4.79 Å². The van der Waals surface area contributed by atoms with Gasteiger partial charge in [0.15, 0.2) is 0 Å². The average molecular weight is 291 g/mol. The Labute approximate surface area is 124 Å². The first-order valence-electron chi connectivity index (χ1n) is 7.17. The topological polar surface area (TPSA) is 55.8 Å². The monoisotopic (exact) mass is 291 g/mol. The van der Waals surface area contributed by atoms with Gasteiger partial charge in [-0.2, -0.15) is 0 Å². The summed E-state index contributed by atoms with van der Waals surface area (Å²) in [4.78, 5) is 25.6. The number of carbonyl (C=O) groups is 2. The van der Waals surface area contributed by atoms with E-state index in [-0.39, 0.29) is 11.9 Å². The van der Waals surface area contributed by atoms with Gasteiger partial charge in [0.2, 0.25) is 0 Å². The summed E-state index contributed by atoms with van der Waals surface area (Å²) < 4.78 is 10.4. The second-order valence-electron chi connectivity index (χ2n) is 5.15. The number of esters is 1. The third-order valence-corrected chi connectivity index (χ3v) is 3.70. The number of carbonyl (C=O) groups excluding carboxylic acids is 2. The first-order valence-corrected chi connectivity index (χ1v) is 7.17. The Kier molecular flexibility index (Phi) is 5.33. The van der Waals surface area contributed by atoms with Crippen molar-refractivity contribution in [2.45, 2.75) is 38.5 Å². The smallest absolute Gasteiger partial charge is 0.328 e. The van der Waals surface area contributed by atoms with Crippen molar-refractivity contribution < 1.29 is 19.1 Å². The van der Waals surface area contributed by atoms with Gasteiger partial charge in [0.1, 0.15) is 12.1 Å². The zero-order valence-electron chi connectivity index (χ0n) is 12.5. The highest BCUT2D eigenvalue weighted by Gasteiger charge is 2.36. The standard InChI is InChI=1S/C16H21NO4/c1-12(21-11-13-7-4-3-5-8-13)15(18)17-10-6-9-14(17)16(19)20-2/h3-5,7-8,12,14H,6,9-11H2,1-2H3. The van der Waals surface area contributed by atoms with Gasteiger partial charge in [-0.05, 0) is 25.3 Å². The van der Waals surface area contributed by atoms with E-state index in [9.17, 15) is 9.59 Å². The summed E-state index contributed by atoms with van der Waals surface area (Å²) in [5.74, 6) is -0.505. The number of hydrogen-bond donors (Lipinski definition) is 0. The maximum absolute atomic E-state index is 12.4. The molecule has 1 saturated heterocycles. The van der Waals surface area contributed by atoms with Gasteiger partial charge in [-0.25, -0.2) is 4.79 Å². The van der Waals surface area contributed by atoms with Crippen molar-refractivity contribution in [2.75, 3.05) is 13.7 Å². The molecule has 0 aliphatic carbocycles. The molecule has 114 valence electrons. The number of likely N-dealkylation sites (tertiary alicyclic amines) is 1. The highest BCUT2D eigenvalue weighted by atomic mass is 16.5. The lowest BCUT2D eigenvalue weighted by Gasteiger charge is -2.25. The van der Waals surface area contributed by atoms with Crippen LogP contribution in [0.5, 0.6) is 0 Å². The minimum absolute atomic E-state index is 0.154. The minimum atomic E-state index is -0.574. The van der Waals surface area contributed by atoms with Crippen LogP contribution in [0.4, 0.5) is 0 Å². The van der Waals surface area contributed by atoms with Crippen molar-refractivity contribution in [1.29, 1.82) is 0 Å². The molecule has 0 bridgehead atoms. The van der Waals surface area contributed by atoms with Crippen LogP contribution in [0.2, 0.25) is 0 Å². The van der Waals surface area contributed by atoms with E-state index < -0.39 is 12.1 Å². The minimum Gasteiger partial charge on any atom is -0.467 e. The Hall–Kier alpha value is -1.88. The molecule has 1 aromatic carbocycles. The Morgan fingerprint density at radius 2 is 2.05 bits per heavy atom. The fourth-order valence-electron chi connectivity index (χ4n) is 2.51. The molecule has 0 spiro atoms. The van der Waals surface area contributed by atoms with Crippen LogP contribution in [-0.2, 0) is 25.7 Å². The highest BCUT2D eigenvalue weighted by Crippen LogP contribution is 2.20. The predicted octanol–water partition coefficient (Wildman–Crippen LogP) is 1.76. The van der Waals surface area contributed by atoms with E-state index in [1.165, 1.54) is 7.11 Å². The summed E-state index contributed by atoms with van der Waals surface area (Å²) in [6, 6.07) is 9.22. The molecule has 0 saturated carbocycles. The van der Waals surface area contributed by atoms with Crippen molar-refractivity contribution in [2.24, 2.45) is 0 Å². The summed E-state index contributed by atoms with van der Waals surface area (Å²) >= 11 is 0. The molecule has 2 rings (SSSR count). The van der Waals surface area contributed by atoms with E-state index in [4.69, 9.17) is 9.47 Å². The van der Waals surface area contributed by atoms with E-state index in [0.29, 0.717) is 19.6 Å². The van der Waals surface area contributed by atoms with Crippen LogP contribution in [0.25, 0.3) is 0 Å². The van der Waals surface area contributed by atoms with Crippen LogP contribution in [0, 0.1) is 0 Å². The number of nitrogens with zero attached hydrogens (tertiary/aromatic N) is 1. The van der Waals surface area contributed by atoms with Crippen LogP contribution in [0.3, 0.4) is 0 Å². The molecule has 2 unspecified atom stereocenters. The molecule has 5 nitrogen and oxygen atoms in total. The lowest BCUT2D eigenvalue weighted by atomic mass is 10.2. The second kappa shape index (κ2) is 7.22. The molecule has 1 fully saturated rings. The maximum atomic E-state index is 12.4. The number of ether oxygens (including phenoxy) is 2. The van der Waals surface area contributed by atoms with Crippen molar-refractivity contribution in [3.63, 3.8) is 0 Å². The van der Waals surface area contributed by atoms with Crippen LogP contribution in [0.15, 0.2) is 30.3 Å². The summed E-state index contributed by atoms with van der Waals surface area (Å²) in [5.41, 5.74) is 1.02. The van der Waals surface area contributed by atoms with Crippen molar-refractivity contribution >= 4 is 11.9 Å². The Morgan fingerprint density at radius 1 is 1.33 bits per heavy atom. The third kappa shape index (κ3) is 3.82. The summed E-state index contributed by atoms with van der Waals surface area (Å²) in [6.45, 7) is 2.68. The normalized spacial score (nSPS) is 19.3. The van der Waals surface area contributed by atoms with Gasteiger partial charge in [0.05, 0.1) is 13.7 Å². The molecule has 1 aliphatic heterocycles. The van der Waals surface area contributed by atoms with Gasteiger partial charge in [-0.1, -0.05) is 30.3 Å². The fraction of sp³-hybridized carbons (Fsp3) is 0.500. The molecule has 5 heteroatoms. The number of methoxy groups -OCH3 is 1. The molecule has 21 heavy (non-hydrogen) atoms. The third-order valence-electron chi connectivity index (χ3n) is 3.70. The van der Waals surface area contributed by atoms with Crippen molar-refractivity contribution in [3.05, 3.63) is 35.9 Å². The first-order chi connectivity index (χ1) is 10.1. The molecular weight excluding hydrogens is 270 g/mol. The second-order valence-corrected chi connectivity index (χ2v) is 5.15. The van der Waals surface area contributed by atoms with E-state index in [1.54, 1.807) is 11.8 Å². The predicted molar refractivity (Wildman–Crippen MR) is 77.4 cm³/mol. The molecule has 2 atom stereocenters. The van der Waals surface area contributed by atoms with Crippen LogP contribution >= 0.6 is 0 Å². The van der Waals surface area contributed by atoms with Gasteiger partial charge in [0, 0.05) is 6.54 Å². The molecule has 1 aromatic rings. The molecule has 0 radical (unpaired) electrons. The zero-order valence-corrected chi connectivity index (χ0v) is 12.5. The summed E-state index contributed by atoms with van der Waals surface area (Å²) in [7, 11) is 1.35. The van der Waals surface area contributed by atoms with Crippen LogP contribution in [-0.4, -0.2) is 42.6 Å². The molecule has 0 N–H and O–H groups in total.